The molecule has 32 heavy (non-hydrogen) atoms. The van der Waals surface area contributed by atoms with Crippen molar-refractivity contribution in [2.75, 3.05) is 52.8 Å². The molecule has 0 aliphatic rings. The smallest absolute Gasteiger partial charge is 0.273 e. The molecule has 0 fully saturated rings. The van der Waals surface area contributed by atoms with Crippen molar-refractivity contribution in [1.29, 1.82) is 0 Å². The first-order valence-corrected chi connectivity index (χ1v) is 10.2. The Hall–Kier alpha value is -2.99. The Balaban J connectivity index is 0.00000144. The molecule has 0 aliphatic heterocycles. The molecule has 0 aliphatic carbocycles. The molecule has 0 saturated carbocycles. The second-order valence-corrected chi connectivity index (χ2v) is 6.86. The number of carbonyl (C=O) groups excluding carboxylic acids is 2. The Labute approximate surface area is 189 Å². The van der Waals surface area contributed by atoms with Crippen molar-refractivity contribution in [3.8, 4) is 0 Å². The average molecular weight is 452 g/mol. The summed E-state index contributed by atoms with van der Waals surface area (Å²) in [6.45, 7) is 6.19. The van der Waals surface area contributed by atoms with Gasteiger partial charge in [0.05, 0.1) is 43.9 Å². The lowest BCUT2D eigenvalue weighted by atomic mass is 10.2. The standard InChI is InChI=1S/C16H22N6O4.C3H9N.C2H6/c1-10(24)14-7-11-6-12(8-19-15(11)21-14)20-16(25)13(17)9-22(18)2-4-26-5-3-23;1-4(2)3;1-2/h6-9,23H,2-5,17-18H2,1H3,(H,19,21)(H,20,25);1-3H3;1-2H3/b13-9-;;. The molecule has 180 valence electrons. The Morgan fingerprint density at radius 3 is 2.44 bits per heavy atom. The van der Waals surface area contributed by atoms with Crippen molar-refractivity contribution in [1.82, 2.24) is 19.9 Å². The quantitative estimate of drug-likeness (QED) is 0.122. The van der Waals surface area contributed by atoms with E-state index in [0.29, 0.717) is 29.0 Å². The maximum absolute atomic E-state index is 12.1. The highest BCUT2D eigenvalue weighted by Gasteiger charge is 2.10. The molecule has 2 aromatic heterocycles. The van der Waals surface area contributed by atoms with Crippen molar-refractivity contribution in [2.45, 2.75) is 20.8 Å². The number of hydrogen-bond donors (Lipinski definition) is 5. The second-order valence-electron chi connectivity index (χ2n) is 6.86. The Morgan fingerprint density at radius 1 is 1.25 bits per heavy atom. The number of ketones is 1. The fraction of sp³-hybridized carbons (Fsp3) is 0.476. The number of anilines is 1. The topological polar surface area (TPSA) is 163 Å². The highest BCUT2D eigenvalue weighted by Crippen LogP contribution is 2.18. The minimum atomic E-state index is -0.541. The van der Waals surface area contributed by atoms with Crippen LogP contribution in [0.5, 0.6) is 0 Å². The predicted octanol–water partition coefficient (Wildman–Crippen LogP) is 0.893. The lowest BCUT2D eigenvalue weighted by Gasteiger charge is -2.14. The van der Waals surface area contributed by atoms with Crippen molar-refractivity contribution in [2.24, 2.45) is 11.6 Å². The minimum Gasteiger partial charge on any atom is -0.394 e. The van der Waals surface area contributed by atoms with E-state index in [9.17, 15) is 9.59 Å². The van der Waals surface area contributed by atoms with Gasteiger partial charge in [-0.1, -0.05) is 13.8 Å². The van der Waals surface area contributed by atoms with Gasteiger partial charge in [0.25, 0.3) is 5.91 Å². The third kappa shape index (κ3) is 11.4. The molecule has 0 atom stereocenters. The summed E-state index contributed by atoms with van der Waals surface area (Å²) in [7, 11) is 6.00. The first kappa shape index (κ1) is 29.0. The molecule has 11 nitrogen and oxygen atoms in total. The van der Waals surface area contributed by atoms with Crippen LogP contribution in [0.1, 0.15) is 31.3 Å². The van der Waals surface area contributed by atoms with Crippen molar-refractivity contribution >= 4 is 28.4 Å². The molecule has 2 aromatic rings. The number of aliphatic hydroxyl groups is 1. The molecule has 7 N–H and O–H groups in total. The number of nitrogens with two attached hydrogens (primary N) is 2. The van der Waals surface area contributed by atoms with Crippen molar-refractivity contribution in [3.63, 3.8) is 0 Å². The third-order valence-electron chi connectivity index (χ3n) is 3.40. The van der Waals surface area contributed by atoms with Gasteiger partial charge in [0.2, 0.25) is 0 Å². The Kier molecular flexibility index (Phi) is 14.3. The number of H-pyrrole nitrogens is 1. The van der Waals surface area contributed by atoms with Crippen molar-refractivity contribution < 1.29 is 19.4 Å². The first-order valence-electron chi connectivity index (χ1n) is 10.2. The number of hydrogen-bond acceptors (Lipinski definition) is 9. The van der Waals surface area contributed by atoms with Gasteiger partial charge in [0.1, 0.15) is 11.3 Å². The number of aliphatic hydroxyl groups excluding tert-OH is 1. The number of hydrazine groups is 1. The van der Waals surface area contributed by atoms with Crippen LogP contribution >= 0.6 is 0 Å². The number of nitrogens with one attached hydrogen (secondary N) is 2. The van der Waals surface area contributed by atoms with Crippen LogP contribution in [0.15, 0.2) is 30.2 Å². The van der Waals surface area contributed by atoms with E-state index in [1.165, 1.54) is 24.3 Å². The summed E-state index contributed by atoms with van der Waals surface area (Å²) < 4.78 is 5.07. The van der Waals surface area contributed by atoms with Gasteiger partial charge in [0.15, 0.2) is 5.78 Å². The molecule has 0 bridgehead atoms. The van der Waals surface area contributed by atoms with Gasteiger partial charge in [0, 0.05) is 18.5 Å². The molecule has 0 spiro atoms. The van der Waals surface area contributed by atoms with Crippen LogP contribution in [0.3, 0.4) is 0 Å². The Bertz CT molecular complexity index is 862. The van der Waals surface area contributed by atoms with Gasteiger partial charge >= 0.3 is 0 Å². The van der Waals surface area contributed by atoms with E-state index in [1.807, 2.05) is 39.9 Å². The van der Waals surface area contributed by atoms with Gasteiger partial charge < -0.3 is 35.8 Å². The summed E-state index contributed by atoms with van der Waals surface area (Å²) in [6.07, 6.45) is 2.74. The lowest BCUT2D eigenvalue weighted by Crippen LogP contribution is -2.32. The van der Waals surface area contributed by atoms with Crippen molar-refractivity contribution in [3.05, 3.63) is 35.9 Å². The molecular weight excluding hydrogens is 414 g/mol. The van der Waals surface area contributed by atoms with Gasteiger partial charge in [-0.05, 0) is 33.3 Å². The zero-order chi connectivity index (χ0) is 24.7. The molecule has 2 rings (SSSR count). The first-order chi connectivity index (χ1) is 15.1. The third-order valence-corrected chi connectivity index (χ3v) is 3.40. The summed E-state index contributed by atoms with van der Waals surface area (Å²) in [4.78, 5) is 32.6. The van der Waals surface area contributed by atoms with Crippen LogP contribution < -0.4 is 16.9 Å². The number of nitrogens with zero attached hydrogens (tertiary/aromatic N) is 3. The number of aromatic amines is 1. The summed E-state index contributed by atoms with van der Waals surface area (Å²) in [5.41, 5.74) is 7.06. The van der Waals surface area contributed by atoms with Gasteiger partial charge in [-0.25, -0.2) is 10.8 Å². The fourth-order valence-corrected chi connectivity index (χ4v) is 2.12. The largest absolute Gasteiger partial charge is 0.394 e. The number of ether oxygens (including phenoxy) is 1. The van der Waals surface area contributed by atoms with E-state index >= 15 is 0 Å². The normalized spacial score (nSPS) is 10.7. The summed E-state index contributed by atoms with van der Waals surface area (Å²) in [6, 6.07) is 3.34. The summed E-state index contributed by atoms with van der Waals surface area (Å²) in [5.74, 6) is 5.05. The molecule has 11 heteroatoms. The SMILES string of the molecule is CC.CC(=O)c1cc2cc(NC(=O)/C(N)=C/N(N)CCOCCO)cnc2[nH]1.CN(C)C. The van der Waals surface area contributed by atoms with E-state index in [4.69, 9.17) is 21.4 Å². The maximum Gasteiger partial charge on any atom is 0.273 e. The van der Waals surface area contributed by atoms with E-state index in [1.54, 1.807) is 12.1 Å². The molecule has 0 unspecified atom stereocenters. The molecule has 2 heterocycles. The number of pyridine rings is 1. The zero-order valence-electron chi connectivity index (χ0n) is 19.8. The number of carbonyl (C=O) groups is 2. The van der Waals surface area contributed by atoms with Crippen LogP contribution in [0.2, 0.25) is 0 Å². The van der Waals surface area contributed by atoms with Crippen LogP contribution in [0.4, 0.5) is 5.69 Å². The highest BCUT2D eigenvalue weighted by atomic mass is 16.5. The lowest BCUT2D eigenvalue weighted by molar-refractivity contribution is -0.113. The highest BCUT2D eigenvalue weighted by molar-refractivity contribution is 6.04. The van der Waals surface area contributed by atoms with Gasteiger partial charge in [-0.2, -0.15) is 0 Å². The monoisotopic (exact) mass is 451 g/mol. The van der Waals surface area contributed by atoms with Gasteiger partial charge in [-0.3, -0.25) is 9.59 Å². The summed E-state index contributed by atoms with van der Waals surface area (Å²) in [5, 5.41) is 13.1. The average Bonchev–Trinajstić information content (AvgIpc) is 3.16. The summed E-state index contributed by atoms with van der Waals surface area (Å²) >= 11 is 0. The van der Waals surface area contributed by atoms with E-state index in [2.05, 4.69) is 15.3 Å². The second kappa shape index (κ2) is 15.8. The van der Waals surface area contributed by atoms with E-state index < -0.39 is 5.91 Å². The molecule has 1 amide bonds. The molecular formula is C21H37N7O4. The van der Waals surface area contributed by atoms with Crippen LogP contribution in [0.25, 0.3) is 11.0 Å². The predicted molar refractivity (Wildman–Crippen MR) is 127 cm³/mol. The van der Waals surface area contributed by atoms with E-state index in [-0.39, 0.29) is 31.3 Å². The maximum atomic E-state index is 12.1. The van der Waals surface area contributed by atoms with Crippen LogP contribution in [-0.4, -0.2) is 84.2 Å². The fourth-order valence-electron chi connectivity index (χ4n) is 2.12. The van der Waals surface area contributed by atoms with Crippen LogP contribution in [-0.2, 0) is 9.53 Å². The Morgan fingerprint density at radius 2 is 1.88 bits per heavy atom. The number of fused-ring (bicyclic) bond motifs is 1. The number of rotatable bonds is 9. The molecule has 0 aromatic carbocycles. The molecule has 0 saturated heterocycles. The number of Topliss-reactive ketones (excluding diaryl/α,β-unsaturated/α-hetero) is 1. The number of amides is 1. The van der Waals surface area contributed by atoms with Crippen LogP contribution in [0, 0.1) is 0 Å². The zero-order valence-corrected chi connectivity index (χ0v) is 19.8. The van der Waals surface area contributed by atoms with Gasteiger partial charge in [-0.15, -0.1) is 0 Å². The van der Waals surface area contributed by atoms with E-state index in [0.717, 1.165) is 0 Å². The molecule has 0 radical (unpaired) electrons. The minimum absolute atomic E-state index is 0.0710. The number of aromatic nitrogens is 2.